The Morgan fingerprint density at radius 1 is 1.35 bits per heavy atom. The molecule has 112 valence electrons. The summed E-state index contributed by atoms with van der Waals surface area (Å²) in [5.74, 6) is 0.170. The van der Waals surface area contributed by atoms with Gasteiger partial charge in [-0.3, -0.25) is 4.79 Å². The minimum absolute atomic E-state index is 0.350. The van der Waals surface area contributed by atoms with Gasteiger partial charge in [0.2, 0.25) is 0 Å². The van der Waals surface area contributed by atoms with Gasteiger partial charge in [-0.05, 0) is 36.0 Å². The van der Waals surface area contributed by atoms with E-state index >= 15 is 0 Å². The van der Waals surface area contributed by atoms with Crippen molar-refractivity contribution in [2.45, 2.75) is 25.1 Å². The highest BCUT2D eigenvalue weighted by Gasteiger charge is 2.30. The van der Waals surface area contributed by atoms with E-state index in [-0.39, 0.29) is 0 Å². The Morgan fingerprint density at radius 2 is 2.05 bits per heavy atom. The van der Waals surface area contributed by atoms with E-state index in [1.54, 1.807) is 6.07 Å². The molecule has 1 aromatic rings. The molecular weight excluding hydrogens is 291 g/mol. The fourth-order valence-corrected chi connectivity index (χ4v) is 2.53. The molecule has 0 bridgehead atoms. The first-order valence-electron chi connectivity index (χ1n) is 6.03. The number of alkyl halides is 3. The van der Waals surface area contributed by atoms with Crippen LogP contribution in [0.15, 0.2) is 24.3 Å². The Balaban J connectivity index is 2.34. The largest absolute Gasteiger partial charge is 0.480 e. The van der Waals surface area contributed by atoms with Gasteiger partial charge in [0.1, 0.15) is 6.04 Å². The number of carboxylic acids is 1. The lowest BCUT2D eigenvalue weighted by atomic mass is 10.1. The number of carboxylic acid groups (broad SMARTS) is 1. The van der Waals surface area contributed by atoms with Crippen molar-refractivity contribution < 1.29 is 23.1 Å². The third-order valence-electron chi connectivity index (χ3n) is 2.68. The Morgan fingerprint density at radius 3 is 2.65 bits per heavy atom. The van der Waals surface area contributed by atoms with E-state index in [9.17, 15) is 18.0 Å². The number of rotatable bonds is 7. The number of hydrogen-bond acceptors (Lipinski definition) is 3. The summed E-state index contributed by atoms with van der Waals surface area (Å²) in [5.41, 5.74) is 5.31. The lowest BCUT2D eigenvalue weighted by Gasteiger charge is -2.09. The lowest BCUT2D eigenvalue weighted by Crippen LogP contribution is -2.30. The van der Waals surface area contributed by atoms with Gasteiger partial charge in [-0.2, -0.15) is 24.9 Å². The zero-order valence-electron chi connectivity index (χ0n) is 10.7. The molecule has 1 aromatic carbocycles. The van der Waals surface area contributed by atoms with E-state index in [1.807, 2.05) is 0 Å². The van der Waals surface area contributed by atoms with Crippen LogP contribution < -0.4 is 5.73 Å². The van der Waals surface area contributed by atoms with Crippen molar-refractivity contribution in [1.82, 2.24) is 0 Å². The second-order valence-electron chi connectivity index (χ2n) is 4.29. The fourth-order valence-electron chi connectivity index (χ4n) is 1.53. The highest BCUT2D eigenvalue weighted by atomic mass is 32.2. The third-order valence-corrected chi connectivity index (χ3v) is 3.70. The van der Waals surface area contributed by atoms with Gasteiger partial charge in [-0.15, -0.1) is 0 Å². The summed E-state index contributed by atoms with van der Waals surface area (Å²) in [5, 5.41) is 8.58. The Hall–Kier alpha value is -1.21. The van der Waals surface area contributed by atoms with Crippen LogP contribution in [0, 0.1) is 0 Å². The smallest absolute Gasteiger partial charge is 0.416 e. The van der Waals surface area contributed by atoms with E-state index in [0.717, 1.165) is 12.1 Å². The summed E-state index contributed by atoms with van der Waals surface area (Å²) < 4.78 is 37.5. The summed E-state index contributed by atoms with van der Waals surface area (Å²) in [4.78, 5) is 10.5. The minimum Gasteiger partial charge on any atom is -0.480 e. The van der Waals surface area contributed by atoms with Crippen molar-refractivity contribution in [2.75, 3.05) is 11.5 Å². The van der Waals surface area contributed by atoms with Gasteiger partial charge in [0.15, 0.2) is 0 Å². The monoisotopic (exact) mass is 307 g/mol. The zero-order chi connectivity index (χ0) is 15.2. The number of hydrogen-bond donors (Lipinski definition) is 2. The molecule has 0 aromatic heterocycles. The van der Waals surface area contributed by atoms with Gasteiger partial charge in [0, 0.05) is 0 Å². The number of carbonyl (C=O) groups is 1. The molecule has 3 N–H and O–H groups in total. The van der Waals surface area contributed by atoms with Crippen molar-refractivity contribution in [1.29, 1.82) is 0 Å². The molecule has 3 nitrogen and oxygen atoms in total. The van der Waals surface area contributed by atoms with Crippen molar-refractivity contribution in [3.63, 3.8) is 0 Å². The van der Waals surface area contributed by atoms with Crippen LogP contribution in [0.4, 0.5) is 13.2 Å². The number of nitrogens with two attached hydrogens (primary N) is 1. The molecular formula is C13H16F3NO2S. The lowest BCUT2D eigenvalue weighted by molar-refractivity contribution is -0.139. The summed E-state index contributed by atoms with van der Waals surface area (Å²) in [6, 6.07) is 4.35. The molecule has 0 aliphatic carbocycles. The summed E-state index contributed by atoms with van der Waals surface area (Å²) in [6.45, 7) is 0. The summed E-state index contributed by atoms with van der Waals surface area (Å²) in [7, 11) is 0. The SMILES string of the molecule is NC(CCSCCc1cccc(C(F)(F)F)c1)C(=O)O. The standard InChI is InChI=1S/C13H16F3NO2S/c14-13(15,16)10-3-1-2-9(8-10)4-6-20-7-5-11(17)12(18)19/h1-3,8,11H,4-7,17H2,(H,18,19). The topological polar surface area (TPSA) is 63.3 Å². The molecule has 0 spiro atoms. The Bertz CT molecular complexity index is 451. The Kier molecular flexibility index (Phi) is 6.35. The molecule has 20 heavy (non-hydrogen) atoms. The van der Waals surface area contributed by atoms with Gasteiger partial charge in [-0.25, -0.2) is 0 Å². The van der Waals surface area contributed by atoms with Crippen LogP contribution in [-0.4, -0.2) is 28.6 Å². The molecule has 0 aliphatic heterocycles. The number of aryl methyl sites for hydroxylation is 1. The van der Waals surface area contributed by atoms with Crippen LogP contribution >= 0.6 is 11.8 Å². The quantitative estimate of drug-likeness (QED) is 0.760. The highest BCUT2D eigenvalue weighted by molar-refractivity contribution is 7.99. The first kappa shape index (κ1) is 16.8. The predicted molar refractivity (Wildman–Crippen MR) is 72.7 cm³/mol. The average molecular weight is 307 g/mol. The highest BCUT2D eigenvalue weighted by Crippen LogP contribution is 2.29. The fraction of sp³-hybridized carbons (Fsp3) is 0.462. The third kappa shape index (κ3) is 5.83. The maximum atomic E-state index is 12.5. The van der Waals surface area contributed by atoms with Crippen molar-refractivity contribution in [3.8, 4) is 0 Å². The molecule has 0 amide bonds. The Labute approximate surface area is 119 Å². The van der Waals surface area contributed by atoms with Gasteiger partial charge in [0.25, 0.3) is 0 Å². The zero-order valence-corrected chi connectivity index (χ0v) is 11.5. The number of benzene rings is 1. The molecule has 7 heteroatoms. The van der Waals surface area contributed by atoms with Crippen LogP contribution in [0.1, 0.15) is 17.5 Å². The van der Waals surface area contributed by atoms with Crippen LogP contribution in [0.2, 0.25) is 0 Å². The maximum absolute atomic E-state index is 12.5. The molecule has 0 saturated carbocycles. The molecule has 1 unspecified atom stereocenters. The normalized spacial score (nSPS) is 13.2. The van der Waals surface area contributed by atoms with Crippen LogP contribution in [0.25, 0.3) is 0 Å². The first-order chi connectivity index (χ1) is 9.30. The van der Waals surface area contributed by atoms with E-state index < -0.39 is 23.8 Å². The molecule has 0 fully saturated rings. The average Bonchev–Trinajstić information content (AvgIpc) is 2.37. The van der Waals surface area contributed by atoms with E-state index in [0.29, 0.717) is 29.9 Å². The van der Waals surface area contributed by atoms with Crippen molar-refractivity contribution in [2.24, 2.45) is 5.73 Å². The first-order valence-corrected chi connectivity index (χ1v) is 7.18. The summed E-state index contributed by atoms with van der Waals surface area (Å²) >= 11 is 1.48. The molecule has 0 heterocycles. The molecule has 0 saturated heterocycles. The van der Waals surface area contributed by atoms with Gasteiger partial charge in [-0.1, -0.05) is 18.2 Å². The molecule has 0 radical (unpaired) electrons. The second-order valence-corrected chi connectivity index (χ2v) is 5.52. The van der Waals surface area contributed by atoms with E-state index in [4.69, 9.17) is 10.8 Å². The summed E-state index contributed by atoms with van der Waals surface area (Å²) in [6.07, 6.45) is -3.46. The predicted octanol–water partition coefficient (Wildman–Crippen LogP) is 2.78. The van der Waals surface area contributed by atoms with Crippen LogP contribution in [0.3, 0.4) is 0 Å². The number of aliphatic carboxylic acids is 1. The van der Waals surface area contributed by atoms with Crippen LogP contribution in [0.5, 0.6) is 0 Å². The number of halogens is 3. The minimum atomic E-state index is -4.32. The van der Waals surface area contributed by atoms with E-state index in [2.05, 4.69) is 0 Å². The van der Waals surface area contributed by atoms with E-state index in [1.165, 1.54) is 17.8 Å². The van der Waals surface area contributed by atoms with Crippen LogP contribution in [-0.2, 0) is 17.4 Å². The van der Waals surface area contributed by atoms with Gasteiger partial charge < -0.3 is 10.8 Å². The maximum Gasteiger partial charge on any atom is 0.416 e. The number of thioether (sulfide) groups is 1. The van der Waals surface area contributed by atoms with Gasteiger partial charge >= 0.3 is 12.1 Å². The second kappa shape index (κ2) is 7.54. The molecule has 1 atom stereocenters. The van der Waals surface area contributed by atoms with Gasteiger partial charge in [0.05, 0.1) is 5.56 Å². The van der Waals surface area contributed by atoms with Crippen molar-refractivity contribution >= 4 is 17.7 Å². The molecule has 1 rings (SSSR count). The molecule has 0 aliphatic rings. The van der Waals surface area contributed by atoms with Crippen molar-refractivity contribution in [3.05, 3.63) is 35.4 Å².